The van der Waals surface area contributed by atoms with Crippen molar-refractivity contribution >= 4 is 75.1 Å². The second kappa shape index (κ2) is 11.0. The molecule has 0 aliphatic carbocycles. The van der Waals surface area contributed by atoms with Gasteiger partial charge < -0.3 is 9.13 Å². The van der Waals surface area contributed by atoms with Crippen LogP contribution in [0, 0.1) is 0 Å². The number of para-hydroxylation sites is 2. The van der Waals surface area contributed by atoms with E-state index in [4.69, 9.17) is 0 Å². The molecule has 0 radical (unpaired) electrons. The van der Waals surface area contributed by atoms with Gasteiger partial charge in [0.15, 0.2) is 0 Å². The summed E-state index contributed by atoms with van der Waals surface area (Å²) < 4.78 is 7.55. The van der Waals surface area contributed by atoms with Crippen LogP contribution in [0.25, 0.3) is 97.4 Å². The number of benzene rings is 8. The van der Waals surface area contributed by atoms with Crippen LogP contribution in [0.15, 0.2) is 182 Å². The van der Waals surface area contributed by atoms with Crippen LogP contribution in [0.3, 0.4) is 0 Å². The fourth-order valence-corrected chi connectivity index (χ4v) is 9.45. The number of thiophene rings is 1. The second-order valence-corrected chi connectivity index (χ2v) is 14.4. The minimum atomic E-state index is 1.16. The molecule has 0 saturated heterocycles. The van der Waals surface area contributed by atoms with Crippen molar-refractivity contribution in [3.63, 3.8) is 0 Å². The Morgan fingerprint density at radius 1 is 0.314 bits per heavy atom. The minimum Gasteiger partial charge on any atom is -0.309 e. The maximum atomic E-state index is 2.48. The Bertz CT molecular complexity index is 3070. The summed E-state index contributed by atoms with van der Waals surface area (Å²) in [6.45, 7) is 0. The molecule has 0 fully saturated rings. The quantitative estimate of drug-likeness (QED) is 0.177. The van der Waals surface area contributed by atoms with E-state index in [-0.39, 0.29) is 0 Å². The highest BCUT2D eigenvalue weighted by Crippen LogP contribution is 2.45. The molecule has 0 unspecified atom stereocenters. The lowest BCUT2D eigenvalue weighted by molar-refractivity contribution is 1.16. The first-order chi connectivity index (χ1) is 25.3. The summed E-state index contributed by atoms with van der Waals surface area (Å²) in [6, 6.07) is 66.6. The van der Waals surface area contributed by atoms with Gasteiger partial charge in [-0.3, -0.25) is 0 Å². The van der Waals surface area contributed by atoms with Crippen LogP contribution < -0.4 is 0 Å². The molecule has 0 aliphatic heterocycles. The molecule has 2 nitrogen and oxygen atoms in total. The molecular formula is C48H30N2S. The van der Waals surface area contributed by atoms with Gasteiger partial charge in [0.25, 0.3) is 0 Å². The molecule has 0 atom stereocenters. The average Bonchev–Trinajstić information content (AvgIpc) is 3.85. The van der Waals surface area contributed by atoms with Crippen molar-refractivity contribution in [2.75, 3.05) is 0 Å². The first kappa shape index (κ1) is 28.4. The predicted octanol–water partition coefficient (Wildman–Crippen LogP) is 13.6. The van der Waals surface area contributed by atoms with Crippen molar-refractivity contribution in [3.05, 3.63) is 182 Å². The molecule has 0 spiro atoms. The lowest BCUT2D eigenvalue weighted by atomic mass is 10.0. The largest absolute Gasteiger partial charge is 0.309 e. The standard InChI is InChI=1S/C48H30N2S/c1-3-12-31(13-4-1)33-16-11-17-35(28-33)50-44-26-25-39-41-29-34(32-14-5-2-6-15-32)22-27-46(41)51-48(39)47(44)40-24-23-36(30-45(40)50)49-42-20-9-7-18-37(42)38-19-8-10-21-43(38)49/h1-30H. The lowest BCUT2D eigenvalue weighted by Gasteiger charge is -2.12. The van der Waals surface area contributed by atoms with Crippen molar-refractivity contribution in [1.82, 2.24) is 9.13 Å². The molecule has 0 aliphatic rings. The zero-order chi connectivity index (χ0) is 33.5. The highest BCUT2D eigenvalue weighted by molar-refractivity contribution is 7.26. The zero-order valence-corrected chi connectivity index (χ0v) is 28.4. The maximum absolute atomic E-state index is 2.48. The third kappa shape index (κ3) is 4.29. The number of nitrogens with zero attached hydrogens (tertiary/aromatic N) is 2. The van der Waals surface area contributed by atoms with Crippen molar-refractivity contribution in [2.45, 2.75) is 0 Å². The third-order valence-corrected chi connectivity index (χ3v) is 11.7. The van der Waals surface area contributed by atoms with Gasteiger partial charge in [-0.1, -0.05) is 127 Å². The molecule has 3 heterocycles. The van der Waals surface area contributed by atoms with E-state index >= 15 is 0 Å². The Labute approximate surface area is 298 Å². The summed E-state index contributed by atoms with van der Waals surface area (Å²) in [5.74, 6) is 0. The van der Waals surface area contributed by atoms with Crippen molar-refractivity contribution in [2.24, 2.45) is 0 Å². The van der Waals surface area contributed by atoms with E-state index in [9.17, 15) is 0 Å². The van der Waals surface area contributed by atoms with Gasteiger partial charge in [-0.05, 0) is 76.9 Å². The molecule has 238 valence electrons. The summed E-state index contributed by atoms with van der Waals surface area (Å²) in [4.78, 5) is 0. The number of hydrogen-bond acceptors (Lipinski definition) is 1. The first-order valence-corrected chi connectivity index (χ1v) is 18.3. The van der Waals surface area contributed by atoms with Crippen molar-refractivity contribution in [1.29, 1.82) is 0 Å². The van der Waals surface area contributed by atoms with Crippen molar-refractivity contribution < 1.29 is 0 Å². The van der Waals surface area contributed by atoms with Crippen LogP contribution in [-0.2, 0) is 0 Å². The summed E-state index contributed by atoms with van der Waals surface area (Å²) in [6.07, 6.45) is 0. The highest BCUT2D eigenvalue weighted by Gasteiger charge is 2.20. The molecule has 3 heteroatoms. The van der Waals surface area contributed by atoms with Gasteiger partial charge in [0.2, 0.25) is 0 Å². The fraction of sp³-hybridized carbons (Fsp3) is 0. The van der Waals surface area contributed by atoms with Gasteiger partial charge in [-0.2, -0.15) is 0 Å². The van der Waals surface area contributed by atoms with Gasteiger partial charge in [-0.15, -0.1) is 11.3 Å². The molecule has 11 aromatic rings. The van der Waals surface area contributed by atoms with Crippen LogP contribution in [0.5, 0.6) is 0 Å². The van der Waals surface area contributed by atoms with E-state index < -0.39 is 0 Å². The molecular weight excluding hydrogens is 637 g/mol. The first-order valence-electron chi connectivity index (χ1n) is 17.4. The van der Waals surface area contributed by atoms with E-state index in [1.54, 1.807) is 0 Å². The number of hydrogen-bond donors (Lipinski definition) is 0. The van der Waals surface area contributed by atoms with E-state index in [0.717, 1.165) is 11.4 Å². The Morgan fingerprint density at radius 2 is 0.902 bits per heavy atom. The summed E-state index contributed by atoms with van der Waals surface area (Å²) in [5, 5.41) is 7.73. The van der Waals surface area contributed by atoms with Crippen LogP contribution in [-0.4, -0.2) is 9.13 Å². The Kier molecular flexibility index (Phi) is 6.16. The SMILES string of the molecule is c1ccc(-c2cccc(-n3c4cc(-n5c6ccccc6c6ccccc65)ccc4c4c5sc6ccc(-c7ccccc7)cc6c5ccc43)c2)cc1. The predicted molar refractivity (Wildman–Crippen MR) is 219 cm³/mol. The Balaban J connectivity index is 1.22. The van der Waals surface area contributed by atoms with E-state index in [2.05, 4.69) is 191 Å². The van der Waals surface area contributed by atoms with Gasteiger partial charge >= 0.3 is 0 Å². The minimum absolute atomic E-state index is 1.16. The van der Waals surface area contributed by atoms with Crippen molar-refractivity contribution in [3.8, 4) is 33.6 Å². The topological polar surface area (TPSA) is 9.86 Å². The Morgan fingerprint density at radius 3 is 1.63 bits per heavy atom. The molecule has 0 saturated carbocycles. The monoisotopic (exact) mass is 666 g/mol. The van der Waals surface area contributed by atoms with Gasteiger partial charge in [-0.25, -0.2) is 0 Å². The van der Waals surface area contributed by atoms with Gasteiger partial charge in [0.05, 0.1) is 22.1 Å². The summed E-state index contributed by atoms with van der Waals surface area (Å²) in [7, 11) is 0. The highest BCUT2D eigenvalue weighted by atomic mass is 32.1. The van der Waals surface area contributed by atoms with Gasteiger partial charge in [0.1, 0.15) is 0 Å². The van der Waals surface area contributed by atoms with Crippen LogP contribution in [0.4, 0.5) is 0 Å². The number of rotatable bonds is 4. The molecule has 11 rings (SSSR count). The zero-order valence-electron chi connectivity index (χ0n) is 27.6. The lowest BCUT2D eigenvalue weighted by Crippen LogP contribution is -1.97. The van der Waals surface area contributed by atoms with Crippen LogP contribution in [0.1, 0.15) is 0 Å². The molecule has 8 aromatic carbocycles. The number of aromatic nitrogens is 2. The third-order valence-electron chi connectivity index (χ3n) is 10.5. The average molecular weight is 667 g/mol. The van der Waals surface area contributed by atoms with Crippen LogP contribution in [0.2, 0.25) is 0 Å². The molecule has 0 amide bonds. The number of fused-ring (bicyclic) bond motifs is 10. The second-order valence-electron chi connectivity index (χ2n) is 13.3. The fourth-order valence-electron chi connectivity index (χ4n) is 8.21. The molecule has 0 N–H and O–H groups in total. The smallest absolute Gasteiger partial charge is 0.0562 e. The van der Waals surface area contributed by atoms with E-state index in [1.165, 1.54) is 86.0 Å². The molecule has 51 heavy (non-hydrogen) atoms. The van der Waals surface area contributed by atoms with E-state index in [1.807, 2.05) is 11.3 Å². The normalized spacial score (nSPS) is 11.9. The van der Waals surface area contributed by atoms with Crippen LogP contribution >= 0.6 is 11.3 Å². The molecule has 3 aromatic heterocycles. The maximum Gasteiger partial charge on any atom is 0.0562 e. The molecule has 0 bridgehead atoms. The van der Waals surface area contributed by atoms with Gasteiger partial charge in [0, 0.05) is 53.1 Å². The van der Waals surface area contributed by atoms with E-state index in [0.29, 0.717) is 0 Å². The summed E-state index contributed by atoms with van der Waals surface area (Å²) >= 11 is 1.91. The Hall–Kier alpha value is -6.42. The summed E-state index contributed by atoms with van der Waals surface area (Å²) in [5.41, 5.74) is 12.1.